The van der Waals surface area contributed by atoms with Gasteiger partial charge in [0.25, 0.3) is 0 Å². The molecule has 0 bridgehead atoms. The fraction of sp³-hybridized carbons (Fsp3) is 0.222. The Labute approximate surface area is 81.1 Å². The van der Waals surface area contributed by atoms with Gasteiger partial charge in [-0.25, -0.2) is 9.78 Å². The van der Waals surface area contributed by atoms with Crippen LogP contribution in [0.5, 0.6) is 0 Å². The van der Waals surface area contributed by atoms with Gasteiger partial charge in [0.2, 0.25) is 5.91 Å². The first-order valence-electron chi connectivity index (χ1n) is 3.96. The summed E-state index contributed by atoms with van der Waals surface area (Å²) < 4.78 is 4.51. The van der Waals surface area contributed by atoms with Gasteiger partial charge in [0, 0.05) is 13.1 Å². The summed E-state index contributed by atoms with van der Waals surface area (Å²) in [5.74, 6) is -0.836. The molecule has 0 aliphatic heterocycles. The molecule has 0 aliphatic carbocycles. The van der Waals surface area contributed by atoms with Crippen molar-refractivity contribution in [2.45, 2.75) is 6.92 Å². The number of nitrogens with zero attached hydrogens (tertiary/aromatic N) is 1. The summed E-state index contributed by atoms with van der Waals surface area (Å²) in [4.78, 5) is 25.8. The zero-order valence-corrected chi connectivity index (χ0v) is 7.90. The summed E-state index contributed by atoms with van der Waals surface area (Å²) in [5.41, 5.74) is 0.456. The third-order valence-corrected chi connectivity index (χ3v) is 1.50. The van der Waals surface area contributed by atoms with E-state index in [0.717, 1.165) is 0 Å². The van der Waals surface area contributed by atoms with E-state index < -0.39 is 5.97 Å². The van der Waals surface area contributed by atoms with E-state index in [1.165, 1.54) is 20.2 Å². The number of aromatic nitrogens is 1. The smallest absolute Gasteiger partial charge is 0.358 e. The molecule has 1 aromatic heterocycles. The number of nitrogens with one attached hydrogen (secondary N) is 1. The average molecular weight is 194 g/mol. The van der Waals surface area contributed by atoms with E-state index in [2.05, 4.69) is 15.0 Å². The van der Waals surface area contributed by atoms with Crippen molar-refractivity contribution in [1.82, 2.24) is 4.98 Å². The molecule has 74 valence electrons. The number of hydrogen-bond acceptors (Lipinski definition) is 4. The number of carbonyl (C=O) groups is 2. The highest BCUT2D eigenvalue weighted by atomic mass is 16.5. The summed E-state index contributed by atoms with van der Waals surface area (Å²) >= 11 is 0. The quantitative estimate of drug-likeness (QED) is 0.708. The number of methoxy groups -OCH3 is 1. The first kappa shape index (κ1) is 10.2. The molecule has 0 spiro atoms. The summed E-state index contributed by atoms with van der Waals surface area (Å²) in [6, 6.07) is 3.21. The topological polar surface area (TPSA) is 68.3 Å². The lowest BCUT2D eigenvalue weighted by atomic mass is 10.3. The largest absolute Gasteiger partial charge is 0.464 e. The maximum absolute atomic E-state index is 11.2. The molecule has 0 unspecified atom stereocenters. The van der Waals surface area contributed by atoms with Gasteiger partial charge in [-0.2, -0.15) is 0 Å². The summed E-state index contributed by atoms with van der Waals surface area (Å²) in [5, 5.41) is 2.49. The molecule has 0 fully saturated rings. The van der Waals surface area contributed by atoms with E-state index in [4.69, 9.17) is 0 Å². The maximum Gasteiger partial charge on any atom is 0.358 e. The minimum Gasteiger partial charge on any atom is -0.464 e. The normalized spacial score (nSPS) is 9.29. The maximum atomic E-state index is 11.2. The van der Waals surface area contributed by atoms with E-state index in [1.807, 2.05) is 0 Å². The van der Waals surface area contributed by atoms with Crippen molar-refractivity contribution in [3.8, 4) is 0 Å². The fourth-order valence-electron chi connectivity index (χ4n) is 0.955. The Balaban J connectivity index is 3.02. The predicted molar refractivity (Wildman–Crippen MR) is 49.9 cm³/mol. The number of carbonyl (C=O) groups excluding carboxylic acids is 2. The van der Waals surface area contributed by atoms with Crippen LogP contribution in [-0.2, 0) is 9.53 Å². The van der Waals surface area contributed by atoms with Crippen LogP contribution in [0.4, 0.5) is 5.69 Å². The molecule has 0 saturated heterocycles. The van der Waals surface area contributed by atoms with Crippen LogP contribution in [0, 0.1) is 0 Å². The number of rotatable bonds is 2. The molecule has 1 N–H and O–H groups in total. The lowest BCUT2D eigenvalue weighted by Gasteiger charge is -2.05. The van der Waals surface area contributed by atoms with E-state index in [-0.39, 0.29) is 11.6 Å². The summed E-state index contributed by atoms with van der Waals surface area (Å²) in [6.07, 6.45) is 1.46. The number of anilines is 1. The molecule has 0 radical (unpaired) electrons. The van der Waals surface area contributed by atoms with Crippen LogP contribution in [-0.4, -0.2) is 24.0 Å². The van der Waals surface area contributed by atoms with Crippen LogP contribution in [0.15, 0.2) is 18.3 Å². The number of hydrogen-bond donors (Lipinski definition) is 1. The SMILES string of the molecule is COC(=O)c1ncccc1NC(C)=O. The van der Waals surface area contributed by atoms with Crippen LogP contribution >= 0.6 is 0 Å². The lowest BCUT2D eigenvalue weighted by molar-refractivity contribution is -0.114. The molecule has 1 heterocycles. The van der Waals surface area contributed by atoms with Gasteiger partial charge in [-0.3, -0.25) is 4.79 Å². The zero-order chi connectivity index (χ0) is 10.6. The Morgan fingerprint density at radius 2 is 2.21 bits per heavy atom. The van der Waals surface area contributed by atoms with E-state index in [1.54, 1.807) is 12.1 Å². The number of esters is 1. The Morgan fingerprint density at radius 3 is 2.79 bits per heavy atom. The summed E-state index contributed by atoms with van der Waals surface area (Å²) in [6.45, 7) is 1.36. The third kappa shape index (κ3) is 2.29. The van der Waals surface area contributed by atoms with Crippen LogP contribution in [0.2, 0.25) is 0 Å². The average Bonchev–Trinajstić information content (AvgIpc) is 2.16. The minimum atomic E-state index is -0.575. The van der Waals surface area contributed by atoms with Gasteiger partial charge in [0.15, 0.2) is 5.69 Å². The van der Waals surface area contributed by atoms with Gasteiger partial charge >= 0.3 is 5.97 Å². The van der Waals surface area contributed by atoms with Gasteiger partial charge in [-0.05, 0) is 12.1 Å². The molecule has 5 heteroatoms. The predicted octanol–water partition coefficient (Wildman–Crippen LogP) is 0.827. The van der Waals surface area contributed by atoms with E-state index >= 15 is 0 Å². The van der Waals surface area contributed by atoms with E-state index in [0.29, 0.717) is 5.69 Å². The molecule has 0 saturated carbocycles. The van der Waals surface area contributed by atoms with Crippen LogP contribution in [0.3, 0.4) is 0 Å². The molecule has 0 aliphatic rings. The van der Waals surface area contributed by atoms with E-state index in [9.17, 15) is 9.59 Å². The van der Waals surface area contributed by atoms with Crippen LogP contribution in [0.1, 0.15) is 17.4 Å². The third-order valence-electron chi connectivity index (χ3n) is 1.50. The van der Waals surface area contributed by atoms with Crippen molar-refractivity contribution in [3.05, 3.63) is 24.0 Å². The highest BCUT2D eigenvalue weighted by molar-refractivity contribution is 5.98. The van der Waals surface area contributed by atoms with Crippen molar-refractivity contribution in [3.63, 3.8) is 0 Å². The molecular formula is C9H10N2O3. The van der Waals surface area contributed by atoms with Crippen molar-refractivity contribution in [2.75, 3.05) is 12.4 Å². The fourth-order valence-corrected chi connectivity index (χ4v) is 0.955. The standard InChI is InChI=1S/C9H10N2O3/c1-6(12)11-7-4-3-5-10-8(7)9(13)14-2/h3-5H,1-2H3,(H,11,12). The Kier molecular flexibility index (Phi) is 3.17. The molecule has 1 aromatic rings. The van der Waals surface area contributed by atoms with Crippen molar-refractivity contribution in [2.24, 2.45) is 0 Å². The van der Waals surface area contributed by atoms with Gasteiger partial charge in [0.1, 0.15) is 0 Å². The highest BCUT2D eigenvalue weighted by Crippen LogP contribution is 2.12. The highest BCUT2D eigenvalue weighted by Gasteiger charge is 2.13. The van der Waals surface area contributed by atoms with Crippen molar-refractivity contribution >= 4 is 17.6 Å². The molecule has 1 rings (SSSR count). The second-order valence-electron chi connectivity index (χ2n) is 2.57. The summed E-state index contributed by atoms with van der Waals surface area (Å²) in [7, 11) is 1.26. The molecule has 14 heavy (non-hydrogen) atoms. The monoisotopic (exact) mass is 194 g/mol. The second-order valence-corrected chi connectivity index (χ2v) is 2.57. The number of pyridine rings is 1. The van der Waals surface area contributed by atoms with Gasteiger partial charge in [-0.1, -0.05) is 0 Å². The number of ether oxygens (including phenoxy) is 1. The lowest BCUT2D eigenvalue weighted by Crippen LogP contribution is -2.13. The first-order chi connectivity index (χ1) is 6.65. The first-order valence-corrected chi connectivity index (χ1v) is 3.96. The molecule has 0 atom stereocenters. The molecular weight excluding hydrogens is 184 g/mol. The van der Waals surface area contributed by atoms with Crippen LogP contribution < -0.4 is 5.32 Å². The van der Waals surface area contributed by atoms with Gasteiger partial charge in [-0.15, -0.1) is 0 Å². The van der Waals surface area contributed by atoms with Crippen molar-refractivity contribution in [1.29, 1.82) is 0 Å². The zero-order valence-electron chi connectivity index (χ0n) is 7.90. The van der Waals surface area contributed by atoms with Crippen molar-refractivity contribution < 1.29 is 14.3 Å². The Hall–Kier alpha value is -1.91. The minimum absolute atomic E-state index is 0.102. The van der Waals surface area contributed by atoms with Crippen LogP contribution in [0.25, 0.3) is 0 Å². The molecule has 5 nitrogen and oxygen atoms in total. The molecule has 1 amide bonds. The number of amides is 1. The Bertz CT molecular complexity index is 363. The molecule has 0 aromatic carbocycles. The Morgan fingerprint density at radius 1 is 1.50 bits per heavy atom. The van der Waals surface area contributed by atoms with Gasteiger partial charge in [0.05, 0.1) is 12.8 Å². The van der Waals surface area contributed by atoms with Gasteiger partial charge < -0.3 is 10.1 Å². The second kappa shape index (κ2) is 4.36.